The van der Waals surface area contributed by atoms with Crippen molar-refractivity contribution in [3.8, 4) is 0 Å². The summed E-state index contributed by atoms with van der Waals surface area (Å²) in [6.45, 7) is 2.49. The van der Waals surface area contributed by atoms with Crippen molar-refractivity contribution in [1.29, 1.82) is 0 Å². The van der Waals surface area contributed by atoms with Crippen LogP contribution >= 0.6 is 0 Å². The summed E-state index contributed by atoms with van der Waals surface area (Å²) in [4.78, 5) is 31.5. The number of aliphatic hydroxyl groups is 1. The van der Waals surface area contributed by atoms with E-state index >= 15 is 0 Å². The minimum Gasteiger partial charge on any atom is -0.463 e. The lowest BCUT2D eigenvalue weighted by atomic mass is 10.1. The summed E-state index contributed by atoms with van der Waals surface area (Å²) in [5.41, 5.74) is 5.54. The van der Waals surface area contributed by atoms with Gasteiger partial charge in [-0.25, -0.2) is 0 Å². The average molecular weight is 383 g/mol. The highest BCUT2D eigenvalue weighted by molar-refractivity contribution is 5.70. The van der Waals surface area contributed by atoms with Crippen LogP contribution < -0.4 is 21.5 Å². The van der Waals surface area contributed by atoms with Crippen LogP contribution in [0.25, 0.3) is 0 Å². The van der Waals surface area contributed by atoms with E-state index in [4.69, 9.17) is 15.2 Å². The molecule has 0 aliphatic carbocycles. The zero-order valence-corrected chi connectivity index (χ0v) is 15.7. The highest BCUT2D eigenvalue weighted by atomic mass is 16.5. The monoisotopic (exact) mass is 383 g/mol. The number of nitrogens with two attached hydrogens (primary N) is 1. The van der Waals surface area contributed by atoms with Gasteiger partial charge in [-0.15, -0.1) is 0 Å². The largest absolute Gasteiger partial charge is 0.463 e. The van der Waals surface area contributed by atoms with Crippen molar-refractivity contribution in [2.24, 2.45) is 0 Å². The molecular formula is C17H29N5O5. The molecule has 0 saturated heterocycles. The van der Waals surface area contributed by atoms with Crippen LogP contribution in [0.5, 0.6) is 0 Å². The topological polar surface area (TPSA) is 143 Å². The molecule has 0 saturated carbocycles. The van der Waals surface area contributed by atoms with Crippen molar-refractivity contribution < 1.29 is 19.4 Å². The van der Waals surface area contributed by atoms with Crippen LogP contribution in [0.2, 0.25) is 0 Å². The Labute approximate surface area is 158 Å². The van der Waals surface area contributed by atoms with Crippen molar-refractivity contribution in [2.75, 3.05) is 42.6 Å². The third-order valence-electron chi connectivity index (χ3n) is 4.14. The van der Waals surface area contributed by atoms with Crippen LogP contribution in [0.3, 0.4) is 0 Å². The number of nitrogens with one attached hydrogen (secondary N) is 2. The van der Waals surface area contributed by atoms with Crippen LogP contribution in [0.4, 0.5) is 17.5 Å². The van der Waals surface area contributed by atoms with Gasteiger partial charge in [-0.2, -0.15) is 4.98 Å². The molecule has 5 N–H and O–H groups in total. The first-order chi connectivity index (χ1) is 13.0. The van der Waals surface area contributed by atoms with Gasteiger partial charge in [0.1, 0.15) is 25.1 Å². The summed E-state index contributed by atoms with van der Waals surface area (Å²) in [5, 5.41) is 12.8. The summed E-state index contributed by atoms with van der Waals surface area (Å²) in [6, 6.07) is 0. The third-order valence-corrected chi connectivity index (χ3v) is 4.14. The predicted molar refractivity (Wildman–Crippen MR) is 101 cm³/mol. The van der Waals surface area contributed by atoms with Gasteiger partial charge >= 0.3 is 5.97 Å². The second-order valence-electron chi connectivity index (χ2n) is 6.53. The van der Waals surface area contributed by atoms with E-state index in [-0.39, 0.29) is 37.4 Å². The molecule has 0 amide bonds. The first-order valence-corrected chi connectivity index (χ1v) is 9.31. The van der Waals surface area contributed by atoms with E-state index in [0.29, 0.717) is 24.6 Å². The van der Waals surface area contributed by atoms with Crippen molar-refractivity contribution >= 4 is 23.4 Å². The molecule has 1 unspecified atom stereocenters. The molecule has 1 aromatic rings. The van der Waals surface area contributed by atoms with E-state index in [0.717, 1.165) is 25.7 Å². The van der Waals surface area contributed by atoms with Crippen LogP contribution in [0, 0.1) is 0 Å². The number of rotatable bonds is 12. The normalized spacial score (nSPS) is 13.9. The molecule has 10 heteroatoms. The number of nitrogen functional groups attached to an aromatic ring is 1. The Bertz CT molecular complexity index is 666. The van der Waals surface area contributed by atoms with Gasteiger partial charge in [-0.05, 0) is 6.42 Å². The quantitative estimate of drug-likeness (QED) is 0.304. The molecule has 10 nitrogen and oxygen atoms in total. The van der Waals surface area contributed by atoms with Crippen molar-refractivity contribution in [1.82, 2.24) is 9.97 Å². The number of unbranched alkanes of at least 4 members (excludes halogenated alkanes) is 4. The lowest BCUT2D eigenvalue weighted by molar-refractivity contribution is -0.147. The number of aromatic nitrogens is 2. The van der Waals surface area contributed by atoms with Gasteiger partial charge in [0.2, 0.25) is 5.95 Å². The van der Waals surface area contributed by atoms with Gasteiger partial charge < -0.3 is 30.5 Å². The maximum atomic E-state index is 11.7. The SMILES string of the molecule is CCCCCCCC(=O)OCC(O)COCN1CNc2c1nc(N)[nH]c2=O. The van der Waals surface area contributed by atoms with Gasteiger partial charge in [0.05, 0.1) is 13.3 Å². The fraction of sp³-hybridized carbons (Fsp3) is 0.706. The molecule has 2 heterocycles. The molecule has 0 aromatic carbocycles. The van der Waals surface area contributed by atoms with E-state index in [1.165, 1.54) is 6.42 Å². The fourth-order valence-corrected chi connectivity index (χ4v) is 2.70. The first-order valence-electron chi connectivity index (χ1n) is 9.31. The number of ether oxygens (including phenoxy) is 2. The van der Waals surface area contributed by atoms with Crippen LogP contribution in [0.15, 0.2) is 4.79 Å². The molecule has 1 aliphatic heterocycles. The van der Waals surface area contributed by atoms with E-state index < -0.39 is 6.10 Å². The smallest absolute Gasteiger partial charge is 0.305 e. The van der Waals surface area contributed by atoms with E-state index in [2.05, 4.69) is 22.2 Å². The molecule has 0 radical (unpaired) electrons. The number of aromatic amines is 1. The number of carbonyl (C=O) groups excluding carboxylic acids is 1. The van der Waals surface area contributed by atoms with Gasteiger partial charge in [0.25, 0.3) is 5.56 Å². The Morgan fingerprint density at radius 1 is 1.33 bits per heavy atom. The minimum atomic E-state index is -0.915. The van der Waals surface area contributed by atoms with Gasteiger partial charge in [-0.3, -0.25) is 14.6 Å². The molecule has 0 fully saturated rings. The molecule has 2 rings (SSSR count). The number of hydrogen-bond acceptors (Lipinski definition) is 9. The number of anilines is 3. The second-order valence-corrected chi connectivity index (χ2v) is 6.53. The molecule has 1 aromatic heterocycles. The zero-order valence-electron chi connectivity index (χ0n) is 15.7. The summed E-state index contributed by atoms with van der Waals surface area (Å²) >= 11 is 0. The summed E-state index contributed by atoms with van der Waals surface area (Å²) in [5.74, 6) is 0.122. The van der Waals surface area contributed by atoms with Gasteiger partial charge in [0.15, 0.2) is 5.82 Å². The van der Waals surface area contributed by atoms with E-state index in [1.54, 1.807) is 4.90 Å². The Morgan fingerprint density at radius 3 is 2.89 bits per heavy atom. The molecule has 1 aliphatic rings. The third kappa shape index (κ3) is 6.72. The number of esters is 1. The maximum Gasteiger partial charge on any atom is 0.305 e. The second kappa shape index (κ2) is 10.7. The lowest BCUT2D eigenvalue weighted by Crippen LogP contribution is -2.30. The predicted octanol–water partition coefficient (Wildman–Crippen LogP) is 0.780. The number of nitrogens with zero attached hydrogens (tertiary/aromatic N) is 2. The Hall–Kier alpha value is -2.33. The zero-order chi connectivity index (χ0) is 19.6. The number of carbonyl (C=O) groups is 1. The number of hydrogen-bond donors (Lipinski definition) is 4. The number of H-pyrrole nitrogens is 1. The van der Waals surface area contributed by atoms with Crippen molar-refractivity contribution in [3.63, 3.8) is 0 Å². The lowest BCUT2D eigenvalue weighted by Gasteiger charge is -2.18. The molecule has 1 atom stereocenters. The van der Waals surface area contributed by atoms with E-state index in [1.807, 2.05) is 0 Å². The summed E-state index contributed by atoms with van der Waals surface area (Å²) in [6.07, 6.45) is 4.75. The fourth-order valence-electron chi connectivity index (χ4n) is 2.70. The highest BCUT2D eigenvalue weighted by Crippen LogP contribution is 2.24. The van der Waals surface area contributed by atoms with Gasteiger partial charge in [0, 0.05) is 6.42 Å². The van der Waals surface area contributed by atoms with Crippen LogP contribution in [-0.4, -0.2) is 53.8 Å². The Kier molecular flexibility index (Phi) is 8.34. The van der Waals surface area contributed by atoms with E-state index in [9.17, 15) is 14.7 Å². The van der Waals surface area contributed by atoms with Crippen LogP contribution in [-0.2, 0) is 14.3 Å². The average Bonchev–Trinajstić information content (AvgIpc) is 3.03. The maximum absolute atomic E-state index is 11.7. The van der Waals surface area contributed by atoms with Crippen molar-refractivity contribution in [2.45, 2.75) is 51.6 Å². The van der Waals surface area contributed by atoms with Crippen molar-refractivity contribution in [3.05, 3.63) is 10.4 Å². The molecular weight excluding hydrogens is 354 g/mol. The summed E-state index contributed by atoms with van der Waals surface area (Å²) in [7, 11) is 0. The standard InChI is InChI=1S/C17H29N5O5/c1-2-3-4-5-6-7-13(24)27-9-12(23)8-26-11-22-10-19-14-15(22)20-17(18)21-16(14)25/h12,19,23H,2-11H2,1H3,(H3,18,20,21,25). The number of aliphatic hydroxyl groups excluding tert-OH is 1. The highest BCUT2D eigenvalue weighted by Gasteiger charge is 2.24. The van der Waals surface area contributed by atoms with Crippen LogP contribution in [0.1, 0.15) is 45.4 Å². The van der Waals surface area contributed by atoms with Gasteiger partial charge in [-0.1, -0.05) is 32.6 Å². The molecule has 0 spiro atoms. The first kappa shape index (κ1) is 21.0. The molecule has 27 heavy (non-hydrogen) atoms. The molecule has 0 bridgehead atoms. The molecule has 152 valence electrons. The Balaban J connectivity index is 1.61. The summed E-state index contributed by atoms with van der Waals surface area (Å²) < 4.78 is 10.5. The Morgan fingerprint density at radius 2 is 2.11 bits per heavy atom. The number of fused-ring (bicyclic) bond motifs is 1. The minimum absolute atomic E-state index is 0.00567.